The molecule has 0 aliphatic rings. The molecule has 0 saturated carbocycles. The molecule has 1 rings (SSSR count). The van der Waals surface area contributed by atoms with Crippen molar-refractivity contribution in [1.82, 2.24) is 5.32 Å². The fraction of sp³-hybridized carbons (Fsp3) is 0.500. The summed E-state index contributed by atoms with van der Waals surface area (Å²) in [6, 6.07) is 4.01. The number of benzene rings is 1. The lowest BCUT2D eigenvalue weighted by Crippen LogP contribution is -2.49. The Morgan fingerprint density at radius 2 is 2.05 bits per heavy atom. The standard InChI is InChI=1S/C14H21FN2O2/c1-4-14(16,5-2)9-17-13(18)10-6-7-11(15)12(8-10)19-3/h6-8H,4-5,9,16H2,1-3H3,(H,17,18). The number of ether oxygens (including phenoxy) is 1. The number of halogens is 1. The van der Waals surface area contributed by atoms with Crippen LogP contribution in [0.4, 0.5) is 4.39 Å². The molecule has 0 radical (unpaired) electrons. The van der Waals surface area contributed by atoms with Crippen LogP contribution in [0.2, 0.25) is 0 Å². The SMILES string of the molecule is CCC(N)(CC)CNC(=O)c1ccc(F)c(OC)c1. The average Bonchev–Trinajstić information content (AvgIpc) is 2.44. The van der Waals surface area contributed by atoms with E-state index in [9.17, 15) is 9.18 Å². The summed E-state index contributed by atoms with van der Waals surface area (Å²) in [5.41, 5.74) is 6.06. The molecule has 0 heterocycles. The van der Waals surface area contributed by atoms with Gasteiger partial charge in [0, 0.05) is 17.6 Å². The zero-order valence-corrected chi connectivity index (χ0v) is 11.6. The molecule has 3 N–H and O–H groups in total. The minimum atomic E-state index is -0.491. The van der Waals surface area contributed by atoms with Gasteiger partial charge in [0.25, 0.3) is 5.91 Å². The molecule has 0 spiro atoms. The van der Waals surface area contributed by atoms with Crippen molar-refractivity contribution >= 4 is 5.91 Å². The van der Waals surface area contributed by atoms with Crippen LogP contribution < -0.4 is 15.8 Å². The zero-order chi connectivity index (χ0) is 14.5. The van der Waals surface area contributed by atoms with E-state index < -0.39 is 11.4 Å². The molecule has 0 aliphatic heterocycles. The number of amides is 1. The number of carbonyl (C=O) groups excluding carboxylic acids is 1. The number of hydrogen-bond donors (Lipinski definition) is 2. The minimum Gasteiger partial charge on any atom is -0.494 e. The van der Waals surface area contributed by atoms with E-state index in [1.165, 1.54) is 25.3 Å². The molecule has 0 saturated heterocycles. The summed E-state index contributed by atoms with van der Waals surface area (Å²) in [4.78, 5) is 12.0. The number of rotatable bonds is 6. The molecule has 0 aliphatic carbocycles. The van der Waals surface area contributed by atoms with E-state index in [4.69, 9.17) is 10.5 Å². The molecule has 1 amide bonds. The topological polar surface area (TPSA) is 64.3 Å². The van der Waals surface area contributed by atoms with Crippen molar-refractivity contribution in [1.29, 1.82) is 0 Å². The van der Waals surface area contributed by atoms with Crippen molar-refractivity contribution in [3.8, 4) is 5.75 Å². The van der Waals surface area contributed by atoms with Crippen molar-refractivity contribution in [2.24, 2.45) is 5.73 Å². The Balaban J connectivity index is 2.74. The van der Waals surface area contributed by atoms with Gasteiger partial charge in [-0.1, -0.05) is 13.8 Å². The predicted molar refractivity (Wildman–Crippen MR) is 72.8 cm³/mol. The van der Waals surface area contributed by atoms with Gasteiger partial charge in [0.15, 0.2) is 11.6 Å². The van der Waals surface area contributed by atoms with Gasteiger partial charge in [-0.3, -0.25) is 4.79 Å². The van der Waals surface area contributed by atoms with Crippen molar-refractivity contribution in [3.63, 3.8) is 0 Å². The number of carbonyl (C=O) groups is 1. The summed E-state index contributed by atoms with van der Waals surface area (Å²) in [5, 5.41) is 2.77. The third-order valence-electron chi connectivity index (χ3n) is 3.42. The maximum atomic E-state index is 13.2. The second-order valence-electron chi connectivity index (χ2n) is 4.60. The summed E-state index contributed by atoms with van der Waals surface area (Å²) in [7, 11) is 1.36. The van der Waals surface area contributed by atoms with Crippen LogP contribution in [-0.2, 0) is 0 Å². The van der Waals surface area contributed by atoms with Gasteiger partial charge >= 0.3 is 0 Å². The predicted octanol–water partition coefficient (Wildman–Crippen LogP) is 2.08. The van der Waals surface area contributed by atoms with Gasteiger partial charge in [0.2, 0.25) is 0 Å². The van der Waals surface area contributed by atoms with Gasteiger partial charge in [-0.2, -0.15) is 0 Å². The zero-order valence-electron chi connectivity index (χ0n) is 11.6. The first kappa shape index (κ1) is 15.4. The molecule has 0 fully saturated rings. The highest BCUT2D eigenvalue weighted by Gasteiger charge is 2.21. The fourth-order valence-corrected chi connectivity index (χ4v) is 1.66. The maximum absolute atomic E-state index is 13.2. The second-order valence-corrected chi connectivity index (χ2v) is 4.60. The normalized spacial score (nSPS) is 11.2. The van der Waals surface area contributed by atoms with Crippen molar-refractivity contribution in [2.75, 3.05) is 13.7 Å². The average molecular weight is 268 g/mol. The Labute approximate surface area is 113 Å². The van der Waals surface area contributed by atoms with E-state index in [1.54, 1.807) is 0 Å². The largest absolute Gasteiger partial charge is 0.494 e. The maximum Gasteiger partial charge on any atom is 0.251 e. The monoisotopic (exact) mass is 268 g/mol. The molecule has 0 aromatic heterocycles. The highest BCUT2D eigenvalue weighted by molar-refractivity contribution is 5.94. The van der Waals surface area contributed by atoms with Crippen LogP contribution in [0.1, 0.15) is 37.0 Å². The third-order valence-corrected chi connectivity index (χ3v) is 3.42. The van der Waals surface area contributed by atoms with Gasteiger partial charge in [-0.05, 0) is 31.0 Å². The number of nitrogens with two attached hydrogens (primary N) is 1. The lowest BCUT2D eigenvalue weighted by atomic mass is 9.94. The van der Waals surface area contributed by atoms with Crippen LogP contribution >= 0.6 is 0 Å². The Morgan fingerprint density at radius 1 is 1.42 bits per heavy atom. The summed E-state index contributed by atoms with van der Waals surface area (Å²) in [6.45, 7) is 4.35. The van der Waals surface area contributed by atoms with Crippen LogP contribution in [0, 0.1) is 5.82 Å². The van der Waals surface area contributed by atoms with Crippen molar-refractivity contribution in [3.05, 3.63) is 29.6 Å². The molecule has 0 bridgehead atoms. The van der Waals surface area contributed by atoms with Gasteiger partial charge in [-0.15, -0.1) is 0 Å². The lowest BCUT2D eigenvalue weighted by Gasteiger charge is -2.26. The van der Waals surface area contributed by atoms with Crippen LogP contribution in [-0.4, -0.2) is 25.1 Å². The van der Waals surface area contributed by atoms with Gasteiger partial charge in [0.05, 0.1) is 7.11 Å². The molecule has 4 nitrogen and oxygen atoms in total. The molecule has 5 heteroatoms. The van der Waals surface area contributed by atoms with E-state index >= 15 is 0 Å². The summed E-state index contributed by atoms with van der Waals surface area (Å²) >= 11 is 0. The molecule has 106 valence electrons. The quantitative estimate of drug-likeness (QED) is 0.830. The Bertz CT molecular complexity index is 445. The molecule has 19 heavy (non-hydrogen) atoms. The molecule has 1 aromatic carbocycles. The van der Waals surface area contributed by atoms with Gasteiger partial charge < -0.3 is 15.8 Å². The van der Waals surface area contributed by atoms with Crippen LogP contribution in [0.25, 0.3) is 0 Å². The Morgan fingerprint density at radius 3 is 2.58 bits per heavy atom. The van der Waals surface area contributed by atoms with E-state index in [-0.39, 0.29) is 11.7 Å². The summed E-state index contributed by atoms with van der Waals surface area (Å²) in [5.74, 6) is -0.720. The van der Waals surface area contributed by atoms with Crippen molar-refractivity contribution < 1.29 is 13.9 Å². The number of methoxy groups -OCH3 is 1. The summed E-state index contributed by atoms with van der Waals surface area (Å²) < 4.78 is 18.1. The Kier molecular flexibility index (Phi) is 5.30. The van der Waals surface area contributed by atoms with Crippen LogP contribution in [0.15, 0.2) is 18.2 Å². The highest BCUT2D eigenvalue weighted by Crippen LogP contribution is 2.18. The first-order valence-corrected chi connectivity index (χ1v) is 6.36. The van der Waals surface area contributed by atoms with Gasteiger partial charge in [0.1, 0.15) is 0 Å². The minimum absolute atomic E-state index is 0.0534. The number of nitrogens with one attached hydrogen (secondary N) is 1. The molecular formula is C14H21FN2O2. The van der Waals surface area contributed by atoms with Gasteiger partial charge in [-0.25, -0.2) is 4.39 Å². The number of hydrogen-bond acceptors (Lipinski definition) is 3. The smallest absolute Gasteiger partial charge is 0.251 e. The molecule has 1 aromatic rings. The van der Waals surface area contributed by atoms with E-state index in [2.05, 4.69) is 5.32 Å². The van der Waals surface area contributed by atoms with E-state index in [0.717, 1.165) is 12.8 Å². The van der Waals surface area contributed by atoms with Crippen LogP contribution in [0.5, 0.6) is 5.75 Å². The Hall–Kier alpha value is -1.62. The molecule has 0 unspecified atom stereocenters. The molecular weight excluding hydrogens is 247 g/mol. The third kappa shape index (κ3) is 3.92. The first-order chi connectivity index (χ1) is 8.95. The summed E-state index contributed by atoms with van der Waals surface area (Å²) in [6.07, 6.45) is 1.55. The van der Waals surface area contributed by atoms with Crippen LogP contribution in [0.3, 0.4) is 0 Å². The van der Waals surface area contributed by atoms with Crippen molar-refractivity contribution in [2.45, 2.75) is 32.2 Å². The fourth-order valence-electron chi connectivity index (χ4n) is 1.66. The molecule has 0 atom stereocenters. The lowest BCUT2D eigenvalue weighted by molar-refractivity contribution is 0.0941. The first-order valence-electron chi connectivity index (χ1n) is 6.36. The highest BCUT2D eigenvalue weighted by atomic mass is 19.1. The van der Waals surface area contributed by atoms with E-state index in [0.29, 0.717) is 12.1 Å². The van der Waals surface area contributed by atoms with E-state index in [1.807, 2.05) is 13.8 Å². The second kappa shape index (κ2) is 6.52.